The second kappa shape index (κ2) is 6.52. The van der Waals surface area contributed by atoms with E-state index in [4.69, 9.17) is 4.74 Å². The van der Waals surface area contributed by atoms with Gasteiger partial charge in [0.15, 0.2) is 0 Å². The molecule has 0 aromatic heterocycles. The van der Waals surface area contributed by atoms with Crippen LogP contribution in [0.1, 0.15) is 17.3 Å². The van der Waals surface area contributed by atoms with Crippen molar-refractivity contribution in [3.05, 3.63) is 29.8 Å². The van der Waals surface area contributed by atoms with Gasteiger partial charge in [0.25, 0.3) is 5.91 Å². The Bertz CT molecular complexity index is 387. The molecular weight excluding hydrogens is 220 g/mol. The van der Waals surface area contributed by atoms with Gasteiger partial charge < -0.3 is 15.4 Å². The van der Waals surface area contributed by atoms with Gasteiger partial charge >= 0.3 is 0 Å². The molecule has 0 unspecified atom stereocenters. The minimum Gasteiger partial charge on any atom is -0.497 e. The summed E-state index contributed by atoms with van der Waals surface area (Å²) < 4.78 is 4.98. The van der Waals surface area contributed by atoms with Crippen LogP contribution < -0.4 is 15.4 Å². The predicted octanol–water partition coefficient (Wildman–Crippen LogP) is 0.561. The van der Waals surface area contributed by atoms with Gasteiger partial charge in [-0.25, -0.2) is 0 Å². The van der Waals surface area contributed by atoms with Crippen molar-refractivity contribution in [1.29, 1.82) is 0 Å². The number of hydrogen-bond acceptors (Lipinski definition) is 3. The predicted molar refractivity (Wildman–Crippen MR) is 64.0 cm³/mol. The summed E-state index contributed by atoms with van der Waals surface area (Å²) in [6.07, 6.45) is 0. The van der Waals surface area contributed by atoms with Crippen molar-refractivity contribution >= 4 is 11.8 Å². The van der Waals surface area contributed by atoms with E-state index in [-0.39, 0.29) is 18.4 Å². The molecule has 1 aromatic rings. The van der Waals surface area contributed by atoms with Gasteiger partial charge in [-0.05, 0) is 31.2 Å². The Labute approximate surface area is 100 Å². The maximum atomic E-state index is 11.6. The standard InChI is InChI=1S/C12H16N2O3/c1-3-13-11(15)8-14-12(16)9-4-6-10(17-2)7-5-9/h4-7H,3,8H2,1-2H3,(H,13,15)(H,14,16). The normalized spacial score (nSPS) is 9.53. The number of ether oxygens (including phenoxy) is 1. The average Bonchev–Trinajstić information content (AvgIpc) is 2.36. The molecule has 5 nitrogen and oxygen atoms in total. The molecule has 0 aliphatic rings. The zero-order chi connectivity index (χ0) is 12.7. The molecule has 17 heavy (non-hydrogen) atoms. The van der Waals surface area contributed by atoms with Crippen LogP contribution in [0, 0.1) is 0 Å². The number of rotatable bonds is 5. The lowest BCUT2D eigenvalue weighted by Crippen LogP contribution is -2.36. The minimum absolute atomic E-state index is 0.0152. The highest BCUT2D eigenvalue weighted by atomic mass is 16.5. The first kappa shape index (κ1) is 13.0. The molecule has 0 spiro atoms. The van der Waals surface area contributed by atoms with Gasteiger partial charge in [-0.2, -0.15) is 0 Å². The Morgan fingerprint density at radius 3 is 2.35 bits per heavy atom. The lowest BCUT2D eigenvalue weighted by atomic mass is 10.2. The van der Waals surface area contributed by atoms with E-state index in [1.807, 2.05) is 6.92 Å². The van der Waals surface area contributed by atoms with Gasteiger partial charge in [0.2, 0.25) is 5.91 Å². The van der Waals surface area contributed by atoms with Crippen LogP contribution in [-0.2, 0) is 4.79 Å². The monoisotopic (exact) mass is 236 g/mol. The summed E-state index contributed by atoms with van der Waals surface area (Å²) in [6, 6.07) is 6.68. The summed E-state index contributed by atoms with van der Waals surface area (Å²) in [5, 5.41) is 5.13. The second-order valence-corrected chi connectivity index (χ2v) is 3.36. The van der Waals surface area contributed by atoms with Gasteiger partial charge in [0.05, 0.1) is 13.7 Å². The fourth-order valence-electron chi connectivity index (χ4n) is 1.26. The molecular formula is C12H16N2O3. The summed E-state index contributed by atoms with van der Waals surface area (Å²) in [5.41, 5.74) is 0.495. The summed E-state index contributed by atoms with van der Waals surface area (Å²) >= 11 is 0. The van der Waals surface area contributed by atoms with Crippen molar-refractivity contribution < 1.29 is 14.3 Å². The maximum absolute atomic E-state index is 11.6. The van der Waals surface area contributed by atoms with E-state index in [2.05, 4.69) is 10.6 Å². The van der Waals surface area contributed by atoms with Crippen LogP contribution in [-0.4, -0.2) is 32.0 Å². The lowest BCUT2D eigenvalue weighted by molar-refractivity contribution is -0.120. The molecule has 2 N–H and O–H groups in total. The van der Waals surface area contributed by atoms with Crippen molar-refractivity contribution in [2.75, 3.05) is 20.2 Å². The highest BCUT2D eigenvalue weighted by molar-refractivity contribution is 5.96. The topological polar surface area (TPSA) is 67.4 Å². The summed E-state index contributed by atoms with van der Waals surface area (Å²) in [7, 11) is 1.56. The number of amides is 2. The highest BCUT2D eigenvalue weighted by Gasteiger charge is 2.07. The third-order valence-corrected chi connectivity index (χ3v) is 2.14. The van der Waals surface area contributed by atoms with Crippen LogP contribution in [0.5, 0.6) is 5.75 Å². The van der Waals surface area contributed by atoms with Crippen molar-refractivity contribution in [2.45, 2.75) is 6.92 Å². The maximum Gasteiger partial charge on any atom is 0.251 e. The van der Waals surface area contributed by atoms with Gasteiger partial charge in [-0.15, -0.1) is 0 Å². The van der Waals surface area contributed by atoms with E-state index in [1.165, 1.54) is 0 Å². The Morgan fingerprint density at radius 1 is 1.18 bits per heavy atom. The van der Waals surface area contributed by atoms with Crippen LogP contribution in [0.15, 0.2) is 24.3 Å². The number of benzene rings is 1. The van der Waals surface area contributed by atoms with Gasteiger partial charge in [0, 0.05) is 12.1 Å². The molecule has 0 aliphatic heterocycles. The van der Waals surface area contributed by atoms with Crippen LogP contribution in [0.3, 0.4) is 0 Å². The van der Waals surface area contributed by atoms with Crippen molar-refractivity contribution in [2.24, 2.45) is 0 Å². The van der Waals surface area contributed by atoms with E-state index < -0.39 is 0 Å². The third kappa shape index (κ3) is 4.14. The largest absolute Gasteiger partial charge is 0.497 e. The molecule has 0 heterocycles. The molecule has 1 rings (SSSR count). The molecule has 0 radical (unpaired) electrons. The number of hydrogen-bond donors (Lipinski definition) is 2. The molecule has 0 atom stereocenters. The Kier molecular flexibility index (Phi) is 5.00. The first-order valence-electron chi connectivity index (χ1n) is 5.36. The van der Waals surface area contributed by atoms with Crippen LogP contribution >= 0.6 is 0 Å². The van der Waals surface area contributed by atoms with Crippen LogP contribution in [0.4, 0.5) is 0 Å². The Morgan fingerprint density at radius 2 is 1.82 bits per heavy atom. The average molecular weight is 236 g/mol. The quantitative estimate of drug-likeness (QED) is 0.785. The van der Waals surface area contributed by atoms with Crippen molar-refractivity contribution in [3.63, 3.8) is 0 Å². The smallest absolute Gasteiger partial charge is 0.251 e. The molecule has 0 fully saturated rings. The lowest BCUT2D eigenvalue weighted by Gasteiger charge is -2.06. The summed E-state index contributed by atoms with van der Waals surface area (Å²) in [4.78, 5) is 22.8. The molecule has 0 saturated carbocycles. The SMILES string of the molecule is CCNC(=O)CNC(=O)c1ccc(OC)cc1. The number of carbonyl (C=O) groups is 2. The van der Waals surface area contributed by atoms with Gasteiger partial charge in [-0.1, -0.05) is 0 Å². The summed E-state index contributed by atoms with van der Waals surface area (Å²) in [6.45, 7) is 2.36. The van der Waals surface area contributed by atoms with Gasteiger partial charge in [0.1, 0.15) is 5.75 Å². The van der Waals surface area contributed by atoms with Gasteiger partial charge in [-0.3, -0.25) is 9.59 Å². The number of nitrogens with one attached hydrogen (secondary N) is 2. The number of methoxy groups -OCH3 is 1. The molecule has 2 amide bonds. The first-order valence-corrected chi connectivity index (χ1v) is 5.36. The molecule has 1 aromatic carbocycles. The van der Waals surface area contributed by atoms with E-state index in [0.717, 1.165) is 0 Å². The van der Waals surface area contributed by atoms with Crippen LogP contribution in [0.2, 0.25) is 0 Å². The fraction of sp³-hybridized carbons (Fsp3) is 0.333. The van der Waals surface area contributed by atoms with E-state index in [1.54, 1.807) is 31.4 Å². The fourth-order valence-corrected chi connectivity index (χ4v) is 1.26. The van der Waals surface area contributed by atoms with E-state index >= 15 is 0 Å². The second-order valence-electron chi connectivity index (χ2n) is 3.36. The molecule has 0 saturated heterocycles. The molecule has 5 heteroatoms. The van der Waals surface area contributed by atoms with Crippen molar-refractivity contribution in [1.82, 2.24) is 10.6 Å². The molecule has 92 valence electrons. The number of likely N-dealkylation sites (N-methyl/N-ethyl adjacent to an activating group) is 1. The Balaban J connectivity index is 2.49. The number of carbonyl (C=O) groups excluding carboxylic acids is 2. The minimum atomic E-state index is -0.279. The molecule has 0 aliphatic carbocycles. The molecule has 0 bridgehead atoms. The van der Waals surface area contributed by atoms with E-state index in [0.29, 0.717) is 17.9 Å². The van der Waals surface area contributed by atoms with E-state index in [9.17, 15) is 9.59 Å². The van der Waals surface area contributed by atoms with Crippen molar-refractivity contribution in [3.8, 4) is 5.75 Å². The highest BCUT2D eigenvalue weighted by Crippen LogP contribution is 2.10. The summed E-state index contributed by atoms with van der Waals surface area (Å²) in [5.74, 6) is 0.207. The van der Waals surface area contributed by atoms with Crippen LogP contribution in [0.25, 0.3) is 0 Å². The third-order valence-electron chi connectivity index (χ3n) is 2.14. The first-order chi connectivity index (χ1) is 8.17. The zero-order valence-corrected chi connectivity index (χ0v) is 9.95. The zero-order valence-electron chi connectivity index (χ0n) is 9.95. The Hall–Kier alpha value is -2.04.